The molecular weight excluding hydrogens is 262 g/mol. The molecule has 1 N–H and O–H groups in total. The van der Waals surface area contributed by atoms with Crippen molar-refractivity contribution < 1.29 is 0 Å². The van der Waals surface area contributed by atoms with Crippen LogP contribution in [0.25, 0.3) is 0 Å². The number of piperidine rings is 1. The van der Waals surface area contributed by atoms with E-state index in [-0.39, 0.29) is 12.4 Å². The zero-order valence-electron chi connectivity index (χ0n) is 11.6. The topological polar surface area (TPSA) is 46.0 Å². The minimum Gasteiger partial charge on any atom is -0.319 e. The number of aromatic nitrogens is 3. The lowest BCUT2D eigenvalue weighted by Crippen LogP contribution is -2.36. The number of aryl methyl sites for hydroxylation is 1. The number of hydrogen-bond acceptors (Lipinski definition) is 4. The fourth-order valence-corrected chi connectivity index (χ4v) is 3.33. The molecule has 3 heterocycles. The maximum absolute atomic E-state index is 4.30. The van der Waals surface area contributed by atoms with Gasteiger partial charge in [0.15, 0.2) is 0 Å². The average Bonchev–Trinajstić information content (AvgIpc) is 2.99. The van der Waals surface area contributed by atoms with E-state index in [9.17, 15) is 0 Å². The molecule has 1 aromatic heterocycles. The van der Waals surface area contributed by atoms with E-state index in [1.165, 1.54) is 51.9 Å². The third-order valence-corrected chi connectivity index (χ3v) is 4.36. The molecule has 0 aliphatic carbocycles. The van der Waals surface area contributed by atoms with E-state index in [4.69, 9.17) is 0 Å². The molecule has 1 unspecified atom stereocenters. The quantitative estimate of drug-likeness (QED) is 0.911. The zero-order chi connectivity index (χ0) is 12.4. The van der Waals surface area contributed by atoms with Gasteiger partial charge < -0.3 is 9.88 Å². The van der Waals surface area contributed by atoms with Crippen molar-refractivity contribution in [1.82, 2.24) is 25.0 Å². The first kappa shape index (κ1) is 14.8. The Morgan fingerprint density at radius 1 is 1.32 bits per heavy atom. The van der Waals surface area contributed by atoms with E-state index >= 15 is 0 Å². The Balaban J connectivity index is 0.00000133. The molecule has 0 bridgehead atoms. The summed E-state index contributed by atoms with van der Waals surface area (Å²) < 4.78 is 2.07. The Bertz CT molecular complexity index is 388. The number of rotatable bonds is 3. The summed E-state index contributed by atoms with van der Waals surface area (Å²) in [5.41, 5.74) is 0. The second-order valence-electron chi connectivity index (χ2n) is 5.65. The summed E-state index contributed by atoms with van der Waals surface area (Å²) in [6.45, 7) is 4.83. The Kier molecular flexibility index (Phi) is 5.19. The fraction of sp³-hybridized carbons (Fsp3) is 0.846. The van der Waals surface area contributed by atoms with Gasteiger partial charge in [-0.15, -0.1) is 22.6 Å². The van der Waals surface area contributed by atoms with Crippen LogP contribution in [0.4, 0.5) is 0 Å². The van der Waals surface area contributed by atoms with Crippen LogP contribution in [0.2, 0.25) is 0 Å². The molecule has 1 atom stereocenters. The molecule has 6 heteroatoms. The monoisotopic (exact) mass is 285 g/mol. The molecule has 1 aromatic rings. The maximum Gasteiger partial charge on any atom is 0.149 e. The van der Waals surface area contributed by atoms with Crippen molar-refractivity contribution in [1.29, 1.82) is 0 Å². The standard InChI is InChI=1S/C13H23N5.ClH/c1-17-10-15-16-13(17)12-3-2-8-18(12)9-11-4-6-14-7-5-11;/h10-12,14H,2-9H2,1H3;1H. The van der Waals surface area contributed by atoms with E-state index in [2.05, 4.69) is 32.0 Å². The van der Waals surface area contributed by atoms with Crippen molar-refractivity contribution in [2.75, 3.05) is 26.2 Å². The van der Waals surface area contributed by atoms with Crippen molar-refractivity contribution >= 4 is 12.4 Å². The minimum atomic E-state index is 0. The highest BCUT2D eigenvalue weighted by Crippen LogP contribution is 2.31. The molecule has 0 saturated carbocycles. The van der Waals surface area contributed by atoms with E-state index < -0.39 is 0 Å². The molecule has 2 aliphatic heterocycles. The van der Waals surface area contributed by atoms with E-state index in [1.807, 2.05) is 6.33 Å². The van der Waals surface area contributed by atoms with Gasteiger partial charge in [0.1, 0.15) is 12.2 Å². The van der Waals surface area contributed by atoms with Crippen LogP contribution in [0.5, 0.6) is 0 Å². The molecule has 0 spiro atoms. The third-order valence-electron chi connectivity index (χ3n) is 4.36. The van der Waals surface area contributed by atoms with Gasteiger partial charge >= 0.3 is 0 Å². The first-order valence-electron chi connectivity index (χ1n) is 7.13. The number of likely N-dealkylation sites (tertiary alicyclic amines) is 1. The molecule has 2 saturated heterocycles. The van der Waals surface area contributed by atoms with Crippen LogP contribution in [0.1, 0.15) is 37.5 Å². The van der Waals surface area contributed by atoms with Crippen LogP contribution in [0, 0.1) is 5.92 Å². The molecule has 0 amide bonds. The average molecular weight is 286 g/mol. The normalized spacial score (nSPS) is 25.4. The van der Waals surface area contributed by atoms with Crippen LogP contribution in [0.15, 0.2) is 6.33 Å². The van der Waals surface area contributed by atoms with Crippen molar-refractivity contribution in [3.05, 3.63) is 12.2 Å². The molecule has 5 nitrogen and oxygen atoms in total. The van der Waals surface area contributed by atoms with Gasteiger partial charge in [-0.3, -0.25) is 4.90 Å². The van der Waals surface area contributed by atoms with Gasteiger partial charge in [-0.2, -0.15) is 0 Å². The molecule has 0 aromatic carbocycles. The molecule has 19 heavy (non-hydrogen) atoms. The smallest absolute Gasteiger partial charge is 0.149 e. The van der Waals surface area contributed by atoms with Crippen LogP contribution in [-0.2, 0) is 7.05 Å². The van der Waals surface area contributed by atoms with Crippen LogP contribution in [-0.4, -0.2) is 45.8 Å². The lowest BCUT2D eigenvalue weighted by Gasteiger charge is -2.30. The van der Waals surface area contributed by atoms with Gasteiger partial charge in [0.25, 0.3) is 0 Å². The SMILES string of the molecule is Cl.Cn1cnnc1C1CCCN1CC1CCNCC1. The lowest BCUT2D eigenvalue weighted by molar-refractivity contribution is 0.185. The first-order valence-corrected chi connectivity index (χ1v) is 7.13. The van der Waals surface area contributed by atoms with E-state index in [1.54, 1.807) is 0 Å². The van der Waals surface area contributed by atoms with Gasteiger partial charge in [0.2, 0.25) is 0 Å². The Hall–Kier alpha value is -0.650. The van der Waals surface area contributed by atoms with E-state index in [0.29, 0.717) is 6.04 Å². The summed E-state index contributed by atoms with van der Waals surface area (Å²) in [6, 6.07) is 0.493. The van der Waals surface area contributed by atoms with Gasteiger partial charge in [-0.05, 0) is 51.2 Å². The first-order chi connectivity index (χ1) is 8.84. The zero-order valence-corrected chi connectivity index (χ0v) is 12.4. The predicted octanol–water partition coefficient (Wildman–Crippen LogP) is 1.37. The van der Waals surface area contributed by atoms with E-state index in [0.717, 1.165) is 11.7 Å². The fourth-order valence-electron chi connectivity index (χ4n) is 3.33. The number of nitrogens with one attached hydrogen (secondary N) is 1. The number of halogens is 1. The summed E-state index contributed by atoms with van der Waals surface area (Å²) in [4.78, 5) is 2.62. The second-order valence-corrected chi connectivity index (χ2v) is 5.65. The second kappa shape index (κ2) is 6.68. The van der Waals surface area contributed by atoms with Crippen LogP contribution >= 0.6 is 12.4 Å². The molecule has 0 radical (unpaired) electrons. The highest BCUT2D eigenvalue weighted by molar-refractivity contribution is 5.85. The predicted molar refractivity (Wildman–Crippen MR) is 77.4 cm³/mol. The Labute approximate surface area is 121 Å². The highest BCUT2D eigenvalue weighted by Gasteiger charge is 2.31. The molecular formula is C13H24ClN5. The molecule has 2 aliphatic rings. The van der Waals surface area contributed by atoms with Gasteiger partial charge in [0, 0.05) is 13.6 Å². The Morgan fingerprint density at radius 2 is 2.11 bits per heavy atom. The Morgan fingerprint density at radius 3 is 2.79 bits per heavy atom. The van der Waals surface area contributed by atoms with Crippen LogP contribution < -0.4 is 5.32 Å². The number of hydrogen-bond donors (Lipinski definition) is 1. The molecule has 108 valence electrons. The summed E-state index contributed by atoms with van der Waals surface area (Å²) in [5, 5.41) is 11.8. The number of nitrogens with zero attached hydrogens (tertiary/aromatic N) is 4. The maximum atomic E-state index is 4.30. The van der Waals surface area contributed by atoms with Crippen molar-refractivity contribution in [2.24, 2.45) is 13.0 Å². The third kappa shape index (κ3) is 3.27. The minimum absolute atomic E-state index is 0. The lowest BCUT2D eigenvalue weighted by atomic mass is 9.97. The van der Waals surface area contributed by atoms with Crippen LogP contribution in [0.3, 0.4) is 0 Å². The summed E-state index contributed by atoms with van der Waals surface area (Å²) in [6.07, 6.45) is 6.99. The van der Waals surface area contributed by atoms with Gasteiger partial charge in [-0.25, -0.2) is 0 Å². The summed E-state index contributed by atoms with van der Waals surface area (Å²) in [7, 11) is 2.05. The van der Waals surface area contributed by atoms with Gasteiger partial charge in [0.05, 0.1) is 6.04 Å². The van der Waals surface area contributed by atoms with Gasteiger partial charge in [-0.1, -0.05) is 0 Å². The van der Waals surface area contributed by atoms with Crippen molar-refractivity contribution in [2.45, 2.75) is 31.7 Å². The largest absolute Gasteiger partial charge is 0.319 e. The van der Waals surface area contributed by atoms with Crippen molar-refractivity contribution in [3.63, 3.8) is 0 Å². The van der Waals surface area contributed by atoms with Crippen molar-refractivity contribution in [3.8, 4) is 0 Å². The summed E-state index contributed by atoms with van der Waals surface area (Å²) >= 11 is 0. The molecule has 3 rings (SSSR count). The molecule has 2 fully saturated rings. The highest BCUT2D eigenvalue weighted by atomic mass is 35.5. The summed E-state index contributed by atoms with van der Waals surface area (Å²) in [5.74, 6) is 2.00.